The van der Waals surface area contributed by atoms with Gasteiger partial charge >= 0.3 is 11.9 Å². The minimum atomic E-state index is -4.63. The fourth-order valence-electron chi connectivity index (χ4n) is 8.84. The monoisotopic (exact) mass is 972 g/mol. The summed E-state index contributed by atoms with van der Waals surface area (Å²) in [6.45, 7) is 4.32. The Bertz CT molecular complexity index is 1100. The van der Waals surface area contributed by atoms with Crippen LogP contribution in [0.25, 0.3) is 0 Å². The molecule has 0 heterocycles. The Balaban J connectivity index is 4.10. The molecule has 0 aromatic rings. The molecule has 0 aliphatic heterocycles. The fraction of sp³-hybridized carbons (Fsp3) is 0.965. The van der Waals surface area contributed by atoms with Crippen LogP contribution in [0.3, 0.4) is 0 Å². The van der Waals surface area contributed by atoms with Gasteiger partial charge in [0.2, 0.25) is 0 Å². The number of hydrogen-bond donors (Lipinski definition) is 0. The van der Waals surface area contributed by atoms with E-state index in [0.717, 1.165) is 32.1 Å². The van der Waals surface area contributed by atoms with Gasteiger partial charge in [-0.2, -0.15) is 0 Å². The second kappa shape index (κ2) is 50.0. The molecule has 0 amide bonds. The first-order valence-corrected chi connectivity index (χ1v) is 30.7. The summed E-state index contributed by atoms with van der Waals surface area (Å²) >= 11 is 0. The van der Waals surface area contributed by atoms with Crippen molar-refractivity contribution in [1.29, 1.82) is 0 Å². The Kier molecular flexibility index (Phi) is 49.2. The van der Waals surface area contributed by atoms with Gasteiger partial charge in [0.05, 0.1) is 27.7 Å². The maximum Gasteiger partial charge on any atom is 0.306 e. The normalized spacial score (nSPS) is 13.2. The van der Waals surface area contributed by atoms with Gasteiger partial charge in [-0.1, -0.05) is 277 Å². The molecule has 10 heteroatoms. The number of rotatable bonds is 55. The van der Waals surface area contributed by atoms with Gasteiger partial charge in [0.1, 0.15) is 19.8 Å². The van der Waals surface area contributed by atoms with Crippen LogP contribution in [0.4, 0.5) is 0 Å². The average molecular weight is 973 g/mol. The lowest BCUT2D eigenvalue weighted by Gasteiger charge is -2.28. The number of unbranched alkanes of at least 4 members (excludes halogenated alkanes) is 41. The van der Waals surface area contributed by atoms with Crippen LogP contribution in [-0.4, -0.2) is 70.0 Å². The number of phosphoric acid groups is 1. The standard InChI is InChI=1S/C57H114NO8P/c1-6-8-10-12-14-16-18-20-22-24-26-28-29-30-32-33-35-37-39-41-43-45-47-49-56(59)63-53-55(54-65-67(61,62)64-52-51-58(3,4)5)66-57(60)50-48-46-44-42-40-38-36-34-31-27-25-23-21-19-17-15-13-11-9-7-2/h55H,6-54H2,1-5H3/t55-/m1/s1. The van der Waals surface area contributed by atoms with Crippen LogP contribution in [-0.2, 0) is 32.7 Å². The molecule has 2 atom stereocenters. The fourth-order valence-corrected chi connectivity index (χ4v) is 9.57. The van der Waals surface area contributed by atoms with Crippen molar-refractivity contribution in [1.82, 2.24) is 0 Å². The highest BCUT2D eigenvalue weighted by Gasteiger charge is 2.22. The molecule has 0 saturated heterocycles. The van der Waals surface area contributed by atoms with E-state index in [4.69, 9.17) is 18.5 Å². The van der Waals surface area contributed by atoms with Crippen molar-refractivity contribution in [3.05, 3.63) is 0 Å². The van der Waals surface area contributed by atoms with Gasteiger partial charge in [-0.25, -0.2) is 0 Å². The van der Waals surface area contributed by atoms with Crippen LogP contribution in [0.1, 0.15) is 303 Å². The Morgan fingerprint density at radius 1 is 0.403 bits per heavy atom. The molecule has 9 nitrogen and oxygen atoms in total. The topological polar surface area (TPSA) is 111 Å². The van der Waals surface area contributed by atoms with E-state index < -0.39 is 26.5 Å². The van der Waals surface area contributed by atoms with E-state index in [2.05, 4.69) is 13.8 Å². The Morgan fingerprint density at radius 3 is 0.955 bits per heavy atom. The molecule has 0 spiro atoms. The van der Waals surface area contributed by atoms with Gasteiger partial charge in [-0.15, -0.1) is 0 Å². The number of quaternary nitrogens is 1. The maximum absolute atomic E-state index is 12.8. The summed E-state index contributed by atoms with van der Waals surface area (Å²) in [6, 6.07) is 0. The van der Waals surface area contributed by atoms with Crippen molar-refractivity contribution >= 4 is 19.8 Å². The number of carbonyl (C=O) groups is 2. The number of esters is 2. The van der Waals surface area contributed by atoms with Gasteiger partial charge in [0, 0.05) is 12.8 Å². The molecule has 0 bridgehead atoms. The smallest absolute Gasteiger partial charge is 0.306 e. The summed E-state index contributed by atoms with van der Waals surface area (Å²) in [5.41, 5.74) is 0. The van der Waals surface area contributed by atoms with Crippen LogP contribution >= 0.6 is 7.82 Å². The molecule has 400 valence electrons. The van der Waals surface area contributed by atoms with Crippen molar-refractivity contribution in [2.45, 2.75) is 309 Å². The summed E-state index contributed by atoms with van der Waals surface area (Å²) in [5.74, 6) is -0.809. The highest BCUT2D eigenvalue weighted by Crippen LogP contribution is 2.38. The van der Waals surface area contributed by atoms with Crippen LogP contribution in [0.2, 0.25) is 0 Å². The maximum atomic E-state index is 12.8. The number of carbonyl (C=O) groups excluding carboxylic acids is 2. The van der Waals surface area contributed by atoms with Crippen LogP contribution in [0, 0.1) is 0 Å². The third kappa shape index (κ3) is 54.2. The lowest BCUT2D eigenvalue weighted by atomic mass is 10.0. The number of likely N-dealkylation sites (N-methyl/N-ethyl adjacent to an activating group) is 1. The van der Waals surface area contributed by atoms with E-state index in [1.54, 1.807) is 0 Å². The van der Waals surface area contributed by atoms with Crippen LogP contribution in [0.5, 0.6) is 0 Å². The van der Waals surface area contributed by atoms with E-state index in [9.17, 15) is 19.0 Å². The highest BCUT2D eigenvalue weighted by molar-refractivity contribution is 7.45. The Morgan fingerprint density at radius 2 is 0.672 bits per heavy atom. The molecule has 0 saturated carbocycles. The van der Waals surface area contributed by atoms with E-state index in [1.165, 1.54) is 238 Å². The first-order chi connectivity index (χ1) is 32.5. The van der Waals surface area contributed by atoms with Gasteiger partial charge in [-0.3, -0.25) is 14.2 Å². The molecule has 67 heavy (non-hydrogen) atoms. The summed E-state index contributed by atoms with van der Waals surface area (Å²) in [7, 11) is 1.19. The number of ether oxygens (including phenoxy) is 2. The molecule has 0 radical (unpaired) electrons. The second-order valence-electron chi connectivity index (χ2n) is 21.4. The molecule has 0 N–H and O–H groups in total. The van der Waals surface area contributed by atoms with Gasteiger partial charge in [-0.05, 0) is 12.8 Å². The highest BCUT2D eigenvalue weighted by atomic mass is 31.2. The minimum Gasteiger partial charge on any atom is -0.756 e. The van der Waals surface area contributed by atoms with E-state index in [1.807, 2.05) is 21.1 Å². The third-order valence-corrected chi connectivity index (χ3v) is 14.3. The van der Waals surface area contributed by atoms with Crippen molar-refractivity contribution in [2.75, 3.05) is 47.5 Å². The number of nitrogens with zero attached hydrogens (tertiary/aromatic N) is 1. The van der Waals surface area contributed by atoms with E-state index in [-0.39, 0.29) is 32.0 Å². The molecule has 0 aliphatic rings. The van der Waals surface area contributed by atoms with E-state index in [0.29, 0.717) is 17.4 Å². The summed E-state index contributed by atoms with van der Waals surface area (Å²) in [4.78, 5) is 37.8. The third-order valence-electron chi connectivity index (χ3n) is 13.4. The van der Waals surface area contributed by atoms with Gasteiger partial charge in [0.25, 0.3) is 7.82 Å². The van der Waals surface area contributed by atoms with Crippen molar-refractivity contribution < 1.29 is 42.1 Å². The van der Waals surface area contributed by atoms with Gasteiger partial charge < -0.3 is 27.9 Å². The molecular weight excluding hydrogens is 858 g/mol. The van der Waals surface area contributed by atoms with Crippen molar-refractivity contribution in [3.8, 4) is 0 Å². The van der Waals surface area contributed by atoms with E-state index >= 15 is 0 Å². The second-order valence-corrected chi connectivity index (χ2v) is 22.8. The SMILES string of the molecule is CCCCCCCCCCCCCCCCCCCCCCCCCC(=O)OC[C@H](COP(=O)([O-])OCC[N+](C)(C)C)OC(=O)CCCCCCCCCCCCCCCCCCCCCC. The molecule has 1 unspecified atom stereocenters. The van der Waals surface area contributed by atoms with Crippen LogP contribution in [0.15, 0.2) is 0 Å². The molecular formula is C57H114NO8P. The minimum absolute atomic E-state index is 0.0251. The van der Waals surface area contributed by atoms with Crippen LogP contribution < -0.4 is 4.89 Å². The summed E-state index contributed by atoms with van der Waals surface area (Å²) in [6.07, 6.45) is 55.7. The van der Waals surface area contributed by atoms with Crippen molar-refractivity contribution in [2.24, 2.45) is 0 Å². The number of phosphoric ester groups is 1. The molecule has 0 rings (SSSR count). The summed E-state index contributed by atoms with van der Waals surface area (Å²) < 4.78 is 34.2. The zero-order valence-corrected chi connectivity index (χ0v) is 46.3. The zero-order valence-electron chi connectivity index (χ0n) is 45.4. The number of hydrogen-bond acceptors (Lipinski definition) is 8. The Hall–Kier alpha value is -0.990. The zero-order chi connectivity index (χ0) is 49.2. The average Bonchev–Trinajstić information content (AvgIpc) is 3.29. The largest absolute Gasteiger partial charge is 0.756 e. The molecule has 0 aromatic carbocycles. The van der Waals surface area contributed by atoms with Gasteiger partial charge in [0.15, 0.2) is 6.10 Å². The predicted molar refractivity (Wildman–Crippen MR) is 282 cm³/mol. The Labute approximate surface area is 416 Å². The first-order valence-electron chi connectivity index (χ1n) is 29.2. The van der Waals surface area contributed by atoms with Crippen molar-refractivity contribution in [3.63, 3.8) is 0 Å². The summed E-state index contributed by atoms with van der Waals surface area (Å²) in [5, 5.41) is 0. The molecule has 0 aromatic heterocycles. The first kappa shape index (κ1) is 66.0. The lowest BCUT2D eigenvalue weighted by molar-refractivity contribution is -0.870. The predicted octanol–water partition coefficient (Wildman–Crippen LogP) is 17.2. The lowest BCUT2D eigenvalue weighted by Crippen LogP contribution is -2.37. The molecule has 0 fully saturated rings. The quantitative estimate of drug-likeness (QED) is 0.0256. The molecule has 0 aliphatic carbocycles.